The summed E-state index contributed by atoms with van der Waals surface area (Å²) in [7, 11) is 0. The Kier molecular flexibility index (Phi) is 4.62. The molecule has 0 saturated heterocycles. The Hall–Kier alpha value is -2.34. The number of anilines is 1. The summed E-state index contributed by atoms with van der Waals surface area (Å²) in [5.74, 6) is 1.06. The van der Waals surface area contributed by atoms with Gasteiger partial charge >= 0.3 is 0 Å². The highest BCUT2D eigenvalue weighted by Crippen LogP contribution is 2.23. The molecule has 6 nitrogen and oxygen atoms in total. The van der Waals surface area contributed by atoms with E-state index in [0.29, 0.717) is 25.5 Å². The maximum atomic E-state index is 12.5. The third-order valence-electron chi connectivity index (χ3n) is 3.96. The zero-order valence-electron chi connectivity index (χ0n) is 13.4. The van der Waals surface area contributed by atoms with Crippen LogP contribution in [0.25, 0.3) is 0 Å². The molecule has 122 valence electrons. The van der Waals surface area contributed by atoms with Crippen LogP contribution < -0.4 is 10.1 Å². The second-order valence-electron chi connectivity index (χ2n) is 5.60. The molecule has 1 amide bonds. The number of carbonyl (C=O) groups excluding carboxylic acids is 1. The molecule has 0 aliphatic carbocycles. The zero-order valence-corrected chi connectivity index (χ0v) is 13.4. The standard InChI is InChI=1S/C17H21N3O3/c1-3-14(23-15-7-5-4-6-11(15)2)17(21)18-16-12-10-22-9-8-13(12)19-20-16/h4-7,14H,3,8-10H2,1-2H3,(H2,18,19,20,21). The summed E-state index contributed by atoms with van der Waals surface area (Å²) in [4.78, 5) is 12.5. The summed E-state index contributed by atoms with van der Waals surface area (Å²) >= 11 is 0. The van der Waals surface area contributed by atoms with Crippen molar-refractivity contribution in [3.05, 3.63) is 41.1 Å². The predicted octanol–water partition coefficient (Wildman–Crippen LogP) is 2.59. The van der Waals surface area contributed by atoms with Crippen LogP contribution in [-0.2, 0) is 22.6 Å². The van der Waals surface area contributed by atoms with Gasteiger partial charge in [-0.2, -0.15) is 5.10 Å². The number of amides is 1. The number of carbonyl (C=O) groups is 1. The fraction of sp³-hybridized carbons (Fsp3) is 0.412. The topological polar surface area (TPSA) is 76.2 Å². The lowest BCUT2D eigenvalue weighted by molar-refractivity contribution is -0.122. The average Bonchev–Trinajstić information content (AvgIpc) is 2.97. The molecule has 1 atom stereocenters. The summed E-state index contributed by atoms with van der Waals surface area (Å²) < 4.78 is 11.3. The van der Waals surface area contributed by atoms with Gasteiger partial charge in [0.1, 0.15) is 5.75 Å². The molecular formula is C17H21N3O3. The number of ether oxygens (including phenoxy) is 2. The molecule has 1 unspecified atom stereocenters. The van der Waals surface area contributed by atoms with Gasteiger partial charge < -0.3 is 14.8 Å². The van der Waals surface area contributed by atoms with Crippen molar-refractivity contribution in [2.45, 2.75) is 39.4 Å². The molecule has 1 aliphatic rings. The first-order valence-electron chi connectivity index (χ1n) is 7.86. The van der Waals surface area contributed by atoms with Gasteiger partial charge in [0.05, 0.1) is 13.2 Å². The van der Waals surface area contributed by atoms with Crippen molar-refractivity contribution in [1.82, 2.24) is 10.2 Å². The van der Waals surface area contributed by atoms with Crippen LogP contribution in [-0.4, -0.2) is 28.8 Å². The molecule has 1 aromatic carbocycles. The lowest BCUT2D eigenvalue weighted by atomic mass is 10.1. The number of aromatic nitrogens is 2. The Morgan fingerprint density at radius 2 is 2.30 bits per heavy atom. The van der Waals surface area contributed by atoms with Crippen LogP contribution in [0.15, 0.2) is 24.3 Å². The van der Waals surface area contributed by atoms with Gasteiger partial charge in [0.25, 0.3) is 5.91 Å². The Bertz CT molecular complexity index is 696. The van der Waals surface area contributed by atoms with Crippen LogP contribution in [0.2, 0.25) is 0 Å². The number of nitrogens with zero attached hydrogens (tertiary/aromatic N) is 1. The third kappa shape index (κ3) is 3.37. The maximum Gasteiger partial charge on any atom is 0.266 e. The second-order valence-corrected chi connectivity index (χ2v) is 5.60. The average molecular weight is 315 g/mol. The van der Waals surface area contributed by atoms with Crippen molar-refractivity contribution in [2.75, 3.05) is 11.9 Å². The molecule has 2 heterocycles. The van der Waals surface area contributed by atoms with Gasteiger partial charge in [0.2, 0.25) is 0 Å². The molecule has 0 saturated carbocycles. The molecule has 1 aliphatic heterocycles. The highest BCUT2D eigenvalue weighted by atomic mass is 16.5. The molecule has 6 heteroatoms. The van der Waals surface area contributed by atoms with Crippen LogP contribution in [0.4, 0.5) is 5.82 Å². The fourth-order valence-electron chi connectivity index (χ4n) is 2.58. The molecule has 2 N–H and O–H groups in total. The second kappa shape index (κ2) is 6.83. The minimum Gasteiger partial charge on any atom is -0.480 e. The van der Waals surface area contributed by atoms with Gasteiger partial charge in [-0.3, -0.25) is 9.89 Å². The Labute approximate surface area is 135 Å². The largest absolute Gasteiger partial charge is 0.480 e. The molecule has 0 bridgehead atoms. The van der Waals surface area contributed by atoms with E-state index in [1.165, 1.54) is 0 Å². The van der Waals surface area contributed by atoms with Crippen LogP contribution in [0, 0.1) is 6.92 Å². The van der Waals surface area contributed by atoms with E-state index in [9.17, 15) is 4.79 Å². The van der Waals surface area contributed by atoms with Crippen LogP contribution in [0.1, 0.15) is 30.2 Å². The molecule has 0 spiro atoms. The summed E-state index contributed by atoms with van der Waals surface area (Å²) in [5, 5.41) is 10.0. The van der Waals surface area contributed by atoms with Gasteiger partial charge in [-0.15, -0.1) is 0 Å². The predicted molar refractivity (Wildman–Crippen MR) is 86.5 cm³/mol. The highest BCUT2D eigenvalue weighted by Gasteiger charge is 2.23. The van der Waals surface area contributed by atoms with Gasteiger partial charge in [-0.1, -0.05) is 25.1 Å². The summed E-state index contributed by atoms with van der Waals surface area (Å²) in [6.45, 7) is 5.03. The molecular weight excluding hydrogens is 294 g/mol. The number of para-hydroxylation sites is 1. The van der Waals surface area contributed by atoms with Crippen molar-refractivity contribution in [2.24, 2.45) is 0 Å². The van der Waals surface area contributed by atoms with Crippen molar-refractivity contribution >= 4 is 11.7 Å². The van der Waals surface area contributed by atoms with Gasteiger partial charge in [-0.25, -0.2) is 0 Å². The summed E-state index contributed by atoms with van der Waals surface area (Å²) in [5.41, 5.74) is 2.96. The van der Waals surface area contributed by atoms with E-state index in [1.54, 1.807) is 0 Å². The van der Waals surface area contributed by atoms with E-state index in [0.717, 1.165) is 29.0 Å². The van der Waals surface area contributed by atoms with Crippen LogP contribution in [0.3, 0.4) is 0 Å². The SMILES string of the molecule is CCC(Oc1ccccc1C)C(=O)Nc1n[nH]c2c1COCC2. The van der Waals surface area contributed by atoms with E-state index in [4.69, 9.17) is 9.47 Å². The number of hydrogen-bond donors (Lipinski definition) is 2. The number of aryl methyl sites for hydroxylation is 1. The van der Waals surface area contributed by atoms with E-state index in [2.05, 4.69) is 15.5 Å². The van der Waals surface area contributed by atoms with Crippen LogP contribution >= 0.6 is 0 Å². The Balaban J connectivity index is 1.71. The van der Waals surface area contributed by atoms with Crippen molar-refractivity contribution < 1.29 is 14.3 Å². The molecule has 23 heavy (non-hydrogen) atoms. The van der Waals surface area contributed by atoms with Crippen molar-refractivity contribution in [1.29, 1.82) is 0 Å². The smallest absolute Gasteiger partial charge is 0.266 e. The quantitative estimate of drug-likeness (QED) is 0.889. The number of fused-ring (bicyclic) bond motifs is 1. The van der Waals surface area contributed by atoms with E-state index in [1.807, 2.05) is 38.1 Å². The molecule has 1 aromatic heterocycles. The van der Waals surface area contributed by atoms with Gasteiger partial charge in [-0.05, 0) is 25.0 Å². The lowest BCUT2D eigenvalue weighted by Crippen LogP contribution is -2.33. The normalized spacial score (nSPS) is 14.9. The van der Waals surface area contributed by atoms with Gasteiger partial charge in [0, 0.05) is 17.7 Å². The number of hydrogen-bond acceptors (Lipinski definition) is 4. The summed E-state index contributed by atoms with van der Waals surface area (Å²) in [6.07, 6.45) is 0.797. The van der Waals surface area contributed by atoms with Crippen molar-refractivity contribution in [3.63, 3.8) is 0 Å². The Morgan fingerprint density at radius 1 is 1.48 bits per heavy atom. The van der Waals surface area contributed by atoms with Gasteiger partial charge in [0.15, 0.2) is 11.9 Å². The number of rotatable bonds is 5. The first-order chi connectivity index (χ1) is 11.2. The number of aromatic amines is 1. The van der Waals surface area contributed by atoms with Crippen LogP contribution in [0.5, 0.6) is 5.75 Å². The number of benzene rings is 1. The fourth-order valence-corrected chi connectivity index (χ4v) is 2.58. The first-order valence-corrected chi connectivity index (χ1v) is 7.86. The molecule has 3 rings (SSSR count). The minimum atomic E-state index is -0.562. The van der Waals surface area contributed by atoms with E-state index in [-0.39, 0.29) is 5.91 Å². The summed E-state index contributed by atoms with van der Waals surface area (Å²) in [6, 6.07) is 7.67. The lowest BCUT2D eigenvalue weighted by Gasteiger charge is -2.19. The maximum absolute atomic E-state index is 12.5. The zero-order chi connectivity index (χ0) is 16.2. The monoisotopic (exact) mass is 315 g/mol. The van der Waals surface area contributed by atoms with Crippen molar-refractivity contribution in [3.8, 4) is 5.75 Å². The van der Waals surface area contributed by atoms with E-state index < -0.39 is 6.10 Å². The third-order valence-corrected chi connectivity index (χ3v) is 3.96. The van der Waals surface area contributed by atoms with E-state index >= 15 is 0 Å². The highest BCUT2D eigenvalue weighted by molar-refractivity contribution is 5.94. The minimum absolute atomic E-state index is 0.198. The molecule has 0 fully saturated rings. The molecule has 2 aromatic rings. The molecule has 0 radical (unpaired) electrons. The first kappa shape index (κ1) is 15.6. The number of nitrogens with one attached hydrogen (secondary N) is 2. The Morgan fingerprint density at radius 3 is 3.09 bits per heavy atom. The number of H-pyrrole nitrogens is 1.